The third-order valence-electron chi connectivity index (χ3n) is 20.7. The summed E-state index contributed by atoms with van der Waals surface area (Å²) in [5, 5.41) is 40.5. The lowest BCUT2D eigenvalue weighted by atomic mass is 10.1. The zero-order valence-corrected chi connectivity index (χ0v) is 80.8. The van der Waals surface area contributed by atoms with Gasteiger partial charge in [-0.1, -0.05) is 53.0 Å². The second-order valence-corrected chi connectivity index (χ2v) is 36.7. The topological polar surface area (TPSA) is 484 Å². The number of phenolic OH excluding ortho intramolecular Hbond substituents is 1. The Hall–Kier alpha value is -13.7. The Morgan fingerprint density at radius 1 is 0.449 bits per heavy atom. The highest BCUT2D eigenvalue weighted by Gasteiger charge is 2.47. The fourth-order valence-electron chi connectivity index (χ4n) is 14.3. The first-order chi connectivity index (χ1) is 65.1. The number of carbonyl (C=O) groups excluding carboxylic acids is 7. The average molecular weight is 2000 g/mol. The van der Waals surface area contributed by atoms with Crippen molar-refractivity contribution in [2.24, 2.45) is 0 Å². The average Bonchev–Trinajstić information content (AvgIpc) is 1.10. The molecule has 0 saturated carbocycles. The Morgan fingerprint density at radius 3 is 1.15 bits per heavy atom. The number of halogens is 6. The number of hydrogen-bond acceptors (Lipinski definition) is 36. The van der Waals surface area contributed by atoms with E-state index in [9.17, 15) is 75.5 Å². The summed E-state index contributed by atoms with van der Waals surface area (Å²) >= 11 is 17.6. The highest BCUT2D eigenvalue weighted by atomic mass is 35.5. The van der Waals surface area contributed by atoms with Crippen molar-refractivity contribution in [1.29, 1.82) is 0 Å². The lowest BCUT2D eigenvalue weighted by Crippen LogP contribution is -2.44. The number of benzene rings is 7. The molecule has 47 heteroatoms. The number of aromatic hydroxyl groups is 1. The molecular formula is C91H102Cl3F3N14O26S. The first kappa shape index (κ1) is 106. The summed E-state index contributed by atoms with van der Waals surface area (Å²) < 4.78 is 136. The van der Waals surface area contributed by atoms with E-state index >= 15 is 0 Å². The molecule has 740 valence electrons. The van der Waals surface area contributed by atoms with Crippen LogP contribution in [0.1, 0.15) is 88.0 Å². The molecule has 0 radical (unpaired) electrons. The maximum absolute atomic E-state index is 14.5. The normalized spacial score (nSPS) is 17.9. The minimum absolute atomic E-state index is 0.00423. The number of amides is 3. The molecule has 10 aromatic rings. The molecule has 0 spiro atoms. The van der Waals surface area contributed by atoms with Gasteiger partial charge >= 0.3 is 42.2 Å². The van der Waals surface area contributed by atoms with E-state index in [0.717, 1.165) is 36.3 Å². The molecule has 138 heavy (non-hydrogen) atoms. The van der Waals surface area contributed by atoms with Crippen LogP contribution in [0.15, 0.2) is 139 Å². The van der Waals surface area contributed by atoms with Crippen LogP contribution in [0.25, 0.3) is 32.7 Å². The van der Waals surface area contributed by atoms with Gasteiger partial charge in [0, 0.05) is 78.7 Å². The van der Waals surface area contributed by atoms with E-state index in [4.69, 9.17) is 86.4 Å². The molecule has 7 aromatic carbocycles. The molecule has 7 heterocycles. The number of likely N-dealkylation sites (tertiary alicyclic amines) is 4. The van der Waals surface area contributed by atoms with Crippen molar-refractivity contribution in [3.8, 4) is 34.5 Å². The predicted octanol–water partition coefficient (Wildman–Crippen LogP) is 15.2. The van der Waals surface area contributed by atoms with E-state index in [-0.39, 0.29) is 105 Å². The Bertz CT molecular complexity index is 6250. The number of fused-ring (bicyclic) bond motifs is 3. The third kappa shape index (κ3) is 27.4. The fourth-order valence-corrected chi connectivity index (χ4v) is 15.9. The summed E-state index contributed by atoms with van der Waals surface area (Å²) in [6, 6.07) is 24.8. The summed E-state index contributed by atoms with van der Waals surface area (Å²) in [7, 11) is 7.06. The Kier molecular flexibility index (Phi) is 35.5. The van der Waals surface area contributed by atoms with Crippen LogP contribution in [0.4, 0.5) is 67.8 Å². The minimum Gasteiger partial charge on any atom is -0.504 e. The number of nitrogens with zero attached hydrogens (tertiary/aromatic N) is 11. The van der Waals surface area contributed by atoms with E-state index in [0.29, 0.717) is 91.9 Å². The smallest absolute Gasteiger partial charge is 0.411 e. The molecule has 4 saturated heterocycles. The Balaban J connectivity index is 0.000000182. The molecule has 4 fully saturated rings. The van der Waals surface area contributed by atoms with Crippen LogP contribution in [-0.4, -0.2) is 264 Å². The van der Waals surface area contributed by atoms with Gasteiger partial charge in [-0.25, -0.2) is 71.8 Å². The molecule has 0 bridgehead atoms. The van der Waals surface area contributed by atoms with Crippen molar-refractivity contribution >= 4 is 160 Å². The summed E-state index contributed by atoms with van der Waals surface area (Å²) in [5.41, 5.74) is -0.302. The molecule has 3 aromatic heterocycles. The highest BCUT2D eigenvalue weighted by Crippen LogP contribution is 2.42. The number of aliphatic hydroxyl groups excluding tert-OH is 1. The van der Waals surface area contributed by atoms with Crippen LogP contribution in [-0.2, 0) is 66.6 Å². The van der Waals surface area contributed by atoms with E-state index in [2.05, 4.69) is 55.3 Å². The molecule has 5 N–H and O–H groups in total. The van der Waals surface area contributed by atoms with Gasteiger partial charge in [0.25, 0.3) is 15.8 Å². The summed E-state index contributed by atoms with van der Waals surface area (Å²) in [4.78, 5) is 125. The predicted molar refractivity (Wildman–Crippen MR) is 497 cm³/mol. The van der Waals surface area contributed by atoms with Gasteiger partial charge in [-0.05, 0) is 136 Å². The monoisotopic (exact) mass is 2000 g/mol. The van der Waals surface area contributed by atoms with Crippen LogP contribution in [0, 0.1) is 27.6 Å². The van der Waals surface area contributed by atoms with Crippen molar-refractivity contribution < 1.29 is 131 Å². The Labute approximate surface area is 805 Å². The second kappa shape index (κ2) is 46.0. The second-order valence-electron chi connectivity index (χ2n) is 33.9. The van der Waals surface area contributed by atoms with Crippen LogP contribution in [0.2, 0.25) is 15.1 Å². The number of hydrogen-bond donors (Lipinski definition) is 5. The number of aromatic nitrogens is 6. The zero-order valence-electron chi connectivity index (χ0n) is 77.8. The standard InChI is InChI=1S/C26H28ClFN4O6.C22H22ClFN4O4.C17H22N2O9S.C15H11ClFN3O2.C11H19NO5/c1-26(2,3)38-25(34)32-12-14(9-19(32)24(33)36-5)37-21-10-15-18(11-20(21)35-4)29-13-30-23(15)31-17-8-6-7-16(27)22(17)28;1-28-10-12(7-17(28)22(29)31-3)32-19-8-13-16(9-18(19)30-2)25-11-26-21(13)27-15-6-4-5-14(23)20(15)24;1-17(2,3)27-16(21)18-10-12(9-14(18)15(20)26-4)28-29(24,25)13-7-5-11(6-8-13)19(22)23;1-22-13-6-11-8(5-12(13)21)15(19-7-18-11)20-10-4-2-3-9(16)14(10)17;1-11(2,3)17-10(15)12-6-7(13)5-8(12)9(14)16-4/h6-8,10-11,13-14,19H,9,12H2,1-5H3,(H,29,30,31);4-6,8-9,11-12,17H,7,10H2,1-3H3,(H,25,26,27);5-8,12,14H,9-10H2,1-4H3;2-7,21H,1H3,(H,18,19,20);7-8,13H,5-6H2,1-4H3/t14-,19+;12-,17?;12-,14-;;7-,8-/m110.0/s1. The number of likely N-dealkylation sites (N-methyl/N-ethyl adjacent to an activating group) is 1. The van der Waals surface area contributed by atoms with Crippen LogP contribution < -0.4 is 39.6 Å². The highest BCUT2D eigenvalue weighted by molar-refractivity contribution is 7.86. The molecule has 4 aliphatic rings. The van der Waals surface area contributed by atoms with Crippen molar-refractivity contribution in [3.63, 3.8) is 0 Å². The van der Waals surface area contributed by atoms with Gasteiger partial charge in [0.05, 0.1) is 140 Å². The molecular weight excluding hydrogens is 1900 g/mol. The lowest BCUT2D eigenvalue weighted by molar-refractivity contribution is -0.384. The fraction of sp³-hybridized carbons (Fsp3) is 0.396. The number of ether oxygens (including phenoxy) is 12. The molecule has 0 aliphatic carbocycles. The van der Waals surface area contributed by atoms with Gasteiger partial charge in [0.2, 0.25) is 0 Å². The Morgan fingerprint density at radius 2 is 0.783 bits per heavy atom. The van der Waals surface area contributed by atoms with E-state index in [1.165, 1.54) is 102 Å². The van der Waals surface area contributed by atoms with Gasteiger partial charge in [0.15, 0.2) is 51.9 Å². The molecule has 3 amide bonds. The number of nitro benzene ring substituents is 1. The number of nitrogens with one attached hydrogen (secondary N) is 3. The van der Waals surface area contributed by atoms with Gasteiger partial charge in [-0.15, -0.1) is 0 Å². The first-order valence-electron chi connectivity index (χ1n) is 42.1. The number of anilines is 6. The first-order valence-corrected chi connectivity index (χ1v) is 44.6. The number of phenols is 1. The molecule has 8 atom stereocenters. The number of aliphatic hydroxyl groups is 1. The van der Waals surface area contributed by atoms with Crippen LogP contribution in [0.3, 0.4) is 0 Å². The maximum Gasteiger partial charge on any atom is 0.411 e. The van der Waals surface area contributed by atoms with Gasteiger partial charge in [-0.3, -0.25) is 38.7 Å². The molecule has 1 unspecified atom stereocenters. The van der Waals surface area contributed by atoms with E-state index in [1.807, 2.05) is 11.9 Å². The summed E-state index contributed by atoms with van der Waals surface area (Å²) in [6.07, 6.45) is 0.164. The van der Waals surface area contributed by atoms with Crippen molar-refractivity contribution in [3.05, 3.63) is 177 Å². The maximum atomic E-state index is 14.5. The van der Waals surface area contributed by atoms with Crippen molar-refractivity contribution in [1.82, 2.24) is 49.5 Å². The summed E-state index contributed by atoms with van der Waals surface area (Å²) in [5.74, 6) is -0.952. The lowest BCUT2D eigenvalue weighted by Gasteiger charge is -2.27. The molecule has 4 aliphatic heterocycles. The van der Waals surface area contributed by atoms with Crippen LogP contribution in [0.5, 0.6) is 34.5 Å². The number of nitro groups is 1. The SMILES string of the molecule is COC(=O)C1C[C@@H](Oc2cc3c(Nc4cccc(Cl)c4F)ncnc3cc2OC)CN1C.COC(=O)[C@@H]1C[C@@H](Oc2cc3c(Nc4cccc(Cl)c4F)ncnc3cc2OC)CN1C(=O)OC(C)(C)C.COC(=O)[C@@H]1C[C@H](O)CN1C(=O)OC(C)(C)C.COC(=O)[C@@H]1C[C@H](OS(=O)(=O)c2ccc([N+](=O)[O-])cc2)CN1C(=O)OC(C)(C)C.COc1cc2ncnc(Nc3cccc(Cl)c3F)c2cc1O. The van der Waals surface area contributed by atoms with Crippen molar-refractivity contribution in [2.45, 2.75) is 158 Å². The number of carbonyl (C=O) groups is 7. The van der Waals surface area contributed by atoms with Gasteiger partial charge in [-0.2, -0.15) is 8.42 Å². The minimum atomic E-state index is -4.28. The zero-order chi connectivity index (χ0) is 101. The quantitative estimate of drug-likeness (QED) is 0.0147. The van der Waals surface area contributed by atoms with Crippen LogP contribution >= 0.6 is 34.8 Å². The number of esters is 4. The van der Waals surface area contributed by atoms with Gasteiger partial charge < -0.3 is 83.0 Å². The third-order valence-corrected chi connectivity index (χ3v) is 22.9. The van der Waals surface area contributed by atoms with E-state index < -0.39 is 122 Å². The van der Waals surface area contributed by atoms with E-state index in [1.54, 1.807) is 123 Å². The number of non-ortho nitro benzene ring substituents is 1. The largest absolute Gasteiger partial charge is 0.504 e. The molecule has 40 nitrogen and oxygen atoms in total. The number of β-amino-alcohol motifs (C(OH)–C–C–N with tert-alkyl or cyclic N) is 1. The number of rotatable bonds is 21. The number of methoxy groups -OCH3 is 7. The molecule has 14 rings (SSSR count). The summed E-state index contributed by atoms with van der Waals surface area (Å²) in [6.45, 7) is 15.9. The van der Waals surface area contributed by atoms with Gasteiger partial charge in [0.1, 0.15) is 89.6 Å². The van der Waals surface area contributed by atoms with Crippen molar-refractivity contribution in [2.75, 3.05) is 98.9 Å².